The molecule has 4 aromatic rings. The highest BCUT2D eigenvalue weighted by molar-refractivity contribution is 5.91. The van der Waals surface area contributed by atoms with Gasteiger partial charge in [0.25, 0.3) is 0 Å². The molecule has 0 heterocycles. The first-order valence-corrected chi connectivity index (χ1v) is 12.5. The van der Waals surface area contributed by atoms with E-state index in [-0.39, 0.29) is 5.92 Å². The third-order valence-electron chi connectivity index (χ3n) is 6.52. The van der Waals surface area contributed by atoms with E-state index in [9.17, 15) is 0 Å². The Morgan fingerprint density at radius 1 is 0.667 bits per heavy atom. The van der Waals surface area contributed by atoms with Crippen molar-refractivity contribution < 1.29 is 0 Å². The molecule has 0 N–H and O–H groups in total. The molecular formula is C33H35N3. The van der Waals surface area contributed by atoms with Gasteiger partial charge in [0.2, 0.25) is 0 Å². The lowest BCUT2D eigenvalue weighted by molar-refractivity contribution is 0.972. The van der Waals surface area contributed by atoms with Crippen molar-refractivity contribution >= 4 is 28.5 Å². The Morgan fingerprint density at radius 3 is 1.67 bits per heavy atom. The summed E-state index contributed by atoms with van der Waals surface area (Å²) in [7, 11) is 8.28. The Kier molecular flexibility index (Phi) is 8.05. The summed E-state index contributed by atoms with van der Waals surface area (Å²) in [5.41, 5.74) is 9.23. The van der Waals surface area contributed by atoms with Crippen LogP contribution in [0.5, 0.6) is 0 Å². The maximum atomic E-state index is 4.91. The normalized spacial score (nSPS) is 10.6. The van der Waals surface area contributed by atoms with Crippen LogP contribution in [0.3, 0.4) is 0 Å². The number of benzene rings is 4. The van der Waals surface area contributed by atoms with Gasteiger partial charge in [-0.1, -0.05) is 79.7 Å². The summed E-state index contributed by atoms with van der Waals surface area (Å²) >= 11 is 0. The maximum absolute atomic E-state index is 4.91. The fraction of sp³-hybridized carbons (Fsp3) is 0.212. The van der Waals surface area contributed by atoms with Crippen molar-refractivity contribution in [3.05, 3.63) is 125 Å². The number of para-hydroxylation sites is 1. The zero-order valence-corrected chi connectivity index (χ0v) is 21.9. The minimum absolute atomic E-state index is 0.0565. The van der Waals surface area contributed by atoms with Crippen LogP contribution < -0.4 is 9.80 Å². The van der Waals surface area contributed by atoms with Gasteiger partial charge < -0.3 is 9.80 Å². The highest BCUT2D eigenvalue weighted by Crippen LogP contribution is 2.38. The quantitative estimate of drug-likeness (QED) is 0.192. The fourth-order valence-corrected chi connectivity index (χ4v) is 4.43. The number of hydrogen-bond acceptors (Lipinski definition) is 3. The molecule has 0 aliphatic heterocycles. The summed E-state index contributed by atoms with van der Waals surface area (Å²) in [5, 5.41) is 0. The van der Waals surface area contributed by atoms with Crippen LogP contribution in [0.15, 0.2) is 108 Å². The van der Waals surface area contributed by atoms with Gasteiger partial charge in [0, 0.05) is 51.1 Å². The molecule has 0 saturated heterocycles. The van der Waals surface area contributed by atoms with Crippen LogP contribution in [0.2, 0.25) is 0 Å². The molecule has 0 fully saturated rings. The molecule has 0 unspecified atom stereocenters. The molecule has 0 bridgehead atoms. The average Bonchev–Trinajstić information content (AvgIpc) is 2.91. The molecule has 0 aliphatic carbocycles. The van der Waals surface area contributed by atoms with Crippen molar-refractivity contribution in [1.82, 2.24) is 0 Å². The van der Waals surface area contributed by atoms with Crippen molar-refractivity contribution in [3.8, 4) is 0 Å². The second-order valence-corrected chi connectivity index (χ2v) is 9.39. The highest BCUT2D eigenvalue weighted by atomic mass is 15.1. The van der Waals surface area contributed by atoms with Gasteiger partial charge in [-0.05, 0) is 64.9 Å². The van der Waals surface area contributed by atoms with Gasteiger partial charge in [-0.3, -0.25) is 0 Å². The van der Waals surface area contributed by atoms with Crippen LogP contribution in [0.4, 0.5) is 17.1 Å². The predicted molar refractivity (Wildman–Crippen MR) is 156 cm³/mol. The Balaban J connectivity index is 1.85. The number of aliphatic imine (C=N–C) groups is 1. The van der Waals surface area contributed by atoms with Crippen LogP contribution in [0, 0.1) is 0 Å². The molecule has 4 rings (SSSR count). The minimum atomic E-state index is 0.0565. The van der Waals surface area contributed by atoms with E-state index in [0.717, 1.165) is 23.2 Å². The first-order chi connectivity index (χ1) is 17.5. The summed E-state index contributed by atoms with van der Waals surface area (Å²) in [4.78, 5) is 9.17. The van der Waals surface area contributed by atoms with Crippen LogP contribution in [-0.2, 0) is 0 Å². The molecule has 0 atom stereocenters. The molecule has 0 aromatic heterocycles. The van der Waals surface area contributed by atoms with E-state index in [1.165, 1.54) is 28.1 Å². The second-order valence-electron chi connectivity index (χ2n) is 9.39. The standard InChI is InChI=1S/C33H35N3/c1-6-25(26-12-8-7-9-13-26)24-34-32-15-11-10-14-31(32)33(27-16-20-29(21-17-27)35(2)3)28-18-22-30(23-19-28)36(4)5/h7-23,33H,6H2,1-5H3. The number of allylic oxidation sites excluding steroid dienone is 1. The molecule has 36 heavy (non-hydrogen) atoms. The van der Waals surface area contributed by atoms with Crippen molar-refractivity contribution in [2.75, 3.05) is 38.0 Å². The monoisotopic (exact) mass is 473 g/mol. The summed E-state index contributed by atoms with van der Waals surface area (Å²) in [6.07, 6.45) is 0.872. The van der Waals surface area contributed by atoms with E-state index >= 15 is 0 Å². The fourth-order valence-electron chi connectivity index (χ4n) is 4.43. The van der Waals surface area contributed by atoms with E-state index in [1.807, 2.05) is 6.07 Å². The predicted octanol–water partition coefficient (Wildman–Crippen LogP) is 7.79. The topological polar surface area (TPSA) is 18.8 Å². The SMILES string of the molecule is CCC(=C=Nc1ccccc1C(c1ccc(N(C)C)cc1)c1ccc(N(C)C)cc1)c1ccccc1. The summed E-state index contributed by atoms with van der Waals surface area (Å²) in [6.45, 7) is 2.15. The largest absolute Gasteiger partial charge is 0.378 e. The van der Waals surface area contributed by atoms with E-state index in [1.54, 1.807) is 0 Å². The molecule has 0 saturated carbocycles. The van der Waals surface area contributed by atoms with E-state index in [0.29, 0.717) is 0 Å². The Morgan fingerprint density at radius 2 is 1.17 bits per heavy atom. The third kappa shape index (κ3) is 5.76. The van der Waals surface area contributed by atoms with Crippen molar-refractivity contribution in [1.29, 1.82) is 0 Å². The first-order valence-electron chi connectivity index (χ1n) is 12.5. The van der Waals surface area contributed by atoms with Gasteiger partial charge in [0.05, 0.1) is 5.69 Å². The van der Waals surface area contributed by atoms with Gasteiger partial charge in [0.15, 0.2) is 0 Å². The number of hydrogen-bond donors (Lipinski definition) is 0. The van der Waals surface area contributed by atoms with E-state index in [2.05, 4.69) is 148 Å². The Labute approximate surface area is 216 Å². The van der Waals surface area contributed by atoms with E-state index in [4.69, 9.17) is 4.99 Å². The lowest BCUT2D eigenvalue weighted by Crippen LogP contribution is -2.10. The number of nitrogens with zero attached hydrogens (tertiary/aromatic N) is 3. The van der Waals surface area contributed by atoms with E-state index < -0.39 is 0 Å². The molecule has 182 valence electrons. The third-order valence-corrected chi connectivity index (χ3v) is 6.52. The molecule has 0 radical (unpaired) electrons. The van der Waals surface area contributed by atoms with Crippen LogP contribution in [-0.4, -0.2) is 34.1 Å². The van der Waals surface area contributed by atoms with Crippen molar-refractivity contribution in [3.63, 3.8) is 0 Å². The summed E-state index contributed by atoms with van der Waals surface area (Å²) in [6, 6.07) is 36.5. The van der Waals surface area contributed by atoms with Gasteiger partial charge in [-0.15, -0.1) is 0 Å². The Hall–Kier alpha value is -4.07. The smallest absolute Gasteiger partial charge is 0.0771 e. The Bertz CT molecular complexity index is 1280. The molecular weight excluding hydrogens is 438 g/mol. The first kappa shape index (κ1) is 25.0. The van der Waals surface area contributed by atoms with Crippen LogP contribution in [0.1, 0.15) is 41.5 Å². The maximum Gasteiger partial charge on any atom is 0.0771 e. The van der Waals surface area contributed by atoms with Gasteiger partial charge in [-0.25, -0.2) is 4.99 Å². The van der Waals surface area contributed by atoms with Crippen molar-refractivity contribution in [2.24, 2.45) is 4.99 Å². The lowest BCUT2D eigenvalue weighted by Gasteiger charge is -2.22. The van der Waals surface area contributed by atoms with Crippen LogP contribution >= 0.6 is 0 Å². The molecule has 0 spiro atoms. The number of anilines is 2. The highest BCUT2D eigenvalue weighted by Gasteiger charge is 2.20. The summed E-state index contributed by atoms with van der Waals surface area (Å²) in [5.74, 6) is 3.43. The molecule has 4 aromatic carbocycles. The minimum Gasteiger partial charge on any atom is -0.378 e. The van der Waals surface area contributed by atoms with Crippen molar-refractivity contribution in [2.45, 2.75) is 19.3 Å². The zero-order valence-electron chi connectivity index (χ0n) is 21.9. The molecule has 0 amide bonds. The zero-order chi connectivity index (χ0) is 25.5. The van der Waals surface area contributed by atoms with Gasteiger partial charge in [-0.2, -0.15) is 0 Å². The molecule has 3 heteroatoms. The second kappa shape index (κ2) is 11.6. The average molecular weight is 474 g/mol. The molecule has 3 nitrogen and oxygen atoms in total. The summed E-state index contributed by atoms with van der Waals surface area (Å²) < 4.78 is 0. The van der Waals surface area contributed by atoms with Gasteiger partial charge >= 0.3 is 0 Å². The molecule has 0 aliphatic rings. The van der Waals surface area contributed by atoms with Crippen LogP contribution in [0.25, 0.3) is 5.57 Å². The number of rotatable bonds is 8. The van der Waals surface area contributed by atoms with Gasteiger partial charge in [0.1, 0.15) is 0 Å². The lowest BCUT2D eigenvalue weighted by atomic mass is 9.84.